The van der Waals surface area contributed by atoms with Crippen molar-refractivity contribution in [1.82, 2.24) is 0 Å². The van der Waals surface area contributed by atoms with Crippen LogP contribution in [0.5, 0.6) is 0 Å². The molecule has 0 saturated heterocycles. The fourth-order valence-electron chi connectivity index (χ4n) is 0.743. The Morgan fingerprint density at radius 1 is 0.895 bits per heavy atom. The van der Waals surface area contributed by atoms with Gasteiger partial charge in [-0.1, -0.05) is 77.8 Å². The first kappa shape index (κ1) is 25.8. The molecule has 0 bridgehead atoms. The predicted octanol–water partition coefficient (Wildman–Crippen LogP) is 5.84. The van der Waals surface area contributed by atoms with Gasteiger partial charge in [0.25, 0.3) is 0 Å². The summed E-state index contributed by atoms with van der Waals surface area (Å²) >= 11 is 0. The number of rotatable bonds is 5. The Balaban J connectivity index is -0.000000163. The molecule has 1 heteroatoms. The van der Waals surface area contributed by atoms with Crippen LogP contribution in [0.25, 0.3) is 0 Å². The van der Waals surface area contributed by atoms with Gasteiger partial charge in [0.15, 0.2) is 5.78 Å². The van der Waals surface area contributed by atoms with Crippen molar-refractivity contribution in [2.24, 2.45) is 0 Å². The van der Waals surface area contributed by atoms with Crippen molar-refractivity contribution in [2.75, 3.05) is 0 Å². The van der Waals surface area contributed by atoms with Crippen molar-refractivity contribution < 1.29 is 4.79 Å². The number of carbonyl (C=O) groups excluding carboxylic acids is 1. The molecule has 0 aromatic heterocycles. The molecule has 0 N–H and O–H groups in total. The summed E-state index contributed by atoms with van der Waals surface area (Å²) in [5.74, 6) is -0.142. The maximum atomic E-state index is 11.4. The van der Waals surface area contributed by atoms with E-state index in [1.54, 1.807) is 30.4 Å². The van der Waals surface area contributed by atoms with Gasteiger partial charge in [-0.05, 0) is 6.92 Å². The van der Waals surface area contributed by atoms with E-state index < -0.39 is 0 Å². The molecule has 0 spiro atoms. The molecule has 0 radical (unpaired) electrons. The van der Waals surface area contributed by atoms with Gasteiger partial charge in [0.05, 0.1) is 0 Å². The number of carbonyl (C=O) groups is 1. The first-order chi connectivity index (χ1) is 9.13. The number of allylic oxidation sites excluding steroid dienone is 7. The highest BCUT2D eigenvalue weighted by Crippen LogP contribution is 2.05. The van der Waals surface area contributed by atoms with Crippen LogP contribution in [0.2, 0.25) is 0 Å². The lowest BCUT2D eigenvalue weighted by atomic mass is 10.1. The molecule has 0 aliphatic rings. The second-order valence-corrected chi connectivity index (χ2v) is 2.47. The lowest BCUT2D eigenvalue weighted by Crippen LogP contribution is -2.00. The Hall–Kier alpha value is -1.89. The van der Waals surface area contributed by atoms with Crippen molar-refractivity contribution in [3.63, 3.8) is 0 Å². The quantitative estimate of drug-likeness (QED) is 0.345. The fourth-order valence-corrected chi connectivity index (χ4v) is 0.743. The largest absolute Gasteiger partial charge is 0.289 e. The average molecular weight is 262 g/mol. The number of hydrogen-bond donors (Lipinski definition) is 0. The van der Waals surface area contributed by atoms with E-state index in [1.807, 2.05) is 34.6 Å². The van der Waals surface area contributed by atoms with Crippen LogP contribution in [-0.2, 0) is 4.79 Å². The third kappa shape index (κ3) is 18.7. The van der Waals surface area contributed by atoms with Gasteiger partial charge in [-0.15, -0.1) is 13.2 Å². The molecular weight excluding hydrogens is 232 g/mol. The maximum absolute atomic E-state index is 11.4. The monoisotopic (exact) mass is 262 g/mol. The SMILES string of the molecule is C=C.C=C/C=C\C(=C)C(=O)C(=C)/C=C\C.CC.CC. The van der Waals surface area contributed by atoms with Gasteiger partial charge < -0.3 is 0 Å². The summed E-state index contributed by atoms with van der Waals surface area (Å²) in [6.07, 6.45) is 8.31. The molecule has 0 aliphatic heterocycles. The normalized spacial score (nSPS) is 8.05. The molecule has 0 unspecified atom stereocenters. The molecule has 0 amide bonds. The zero-order chi connectivity index (χ0) is 16.3. The standard InChI is InChI=1S/C12H14O.2C2H6.C2H4/c1-5-7-9-11(4)12(13)10(3)8-6-2;3*1-2/h5-9H,1,3-4H2,2H3;2*1-2H3;1-2H2/b8-6-,9-7-;;;. The molecule has 0 atom stereocenters. The van der Waals surface area contributed by atoms with E-state index in [2.05, 4.69) is 32.9 Å². The zero-order valence-electron chi connectivity index (χ0n) is 13.3. The lowest BCUT2D eigenvalue weighted by molar-refractivity contribution is -0.111. The first-order valence-electron chi connectivity index (χ1n) is 6.47. The molecule has 19 heavy (non-hydrogen) atoms. The van der Waals surface area contributed by atoms with Crippen LogP contribution < -0.4 is 0 Å². The molecule has 0 rings (SSSR count). The molecule has 0 aliphatic carbocycles. The molecular formula is C18H30O. The van der Waals surface area contributed by atoms with Crippen molar-refractivity contribution >= 4 is 5.78 Å². The second-order valence-electron chi connectivity index (χ2n) is 2.47. The highest BCUT2D eigenvalue weighted by atomic mass is 16.1. The molecule has 1 nitrogen and oxygen atoms in total. The van der Waals surface area contributed by atoms with Crippen LogP contribution in [0, 0.1) is 0 Å². The predicted molar refractivity (Wildman–Crippen MR) is 91.4 cm³/mol. The van der Waals surface area contributed by atoms with Crippen molar-refractivity contribution in [3.8, 4) is 0 Å². The van der Waals surface area contributed by atoms with Crippen LogP contribution in [0.1, 0.15) is 34.6 Å². The van der Waals surface area contributed by atoms with Crippen molar-refractivity contribution in [2.45, 2.75) is 34.6 Å². The van der Waals surface area contributed by atoms with Crippen LogP contribution in [0.4, 0.5) is 0 Å². The van der Waals surface area contributed by atoms with E-state index in [4.69, 9.17) is 0 Å². The average Bonchev–Trinajstić information content (AvgIpc) is 2.50. The summed E-state index contributed by atoms with van der Waals surface area (Å²) < 4.78 is 0. The molecule has 0 fully saturated rings. The van der Waals surface area contributed by atoms with E-state index in [9.17, 15) is 4.79 Å². The molecule has 0 heterocycles. The molecule has 0 aromatic rings. The number of ketones is 1. The van der Waals surface area contributed by atoms with Gasteiger partial charge in [0.1, 0.15) is 0 Å². The highest BCUT2D eigenvalue weighted by molar-refractivity contribution is 6.11. The molecule has 0 saturated carbocycles. The van der Waals surface area contributed by atoms with Gasteiger partial charge in [-0.25, -0.2) is 0 Å². The number of Topliss-reactive ketones (excluding diaryl/α,β-unsaturated/α-hetero) is 1. The summed E-state index contributed by atoms with van der Waals surface area (Å²) in [6.45, 7) is 26.6. The lowest BCUT2D eigenvalue weighted by Gasteiger charge is -1.97. The van der Waals surface area contributed by atoms with Gasteiger partial charge in [0.2, 0.25) is 0 Å². The second kappa shape index (κ2) is 25.1. The molecule has 0 aromatic carbocycles. The maximum Gasteiger partial charge on any atom is 0.191 e. The third-order valence-electron chi connectivity index (χ3n) is 1.38. The Morgan fingerprint density at radius 3 is 1.58 bits per heavy atom. The van der Waals surface area contributed by atoms with E-state index in [1.165, 1.54) is 0 Å². The van der Waals surface area contributed by atoms with E-state index in [0.29, 0.717) is 11.1 Å². The Labute approximate surface area is 120 Å². The van der Waals surface area contributed by atoms with Gasteiger partial charge in [0, 0.05) is 11.1 Å². The summed E-state index contributed by atoms with van der Waals surface area (Å²) in [7, 11) is 0. The minimum atomic E-state index is -0.142. The van der Waals surface area contributed by atoms with E-state index in [0.717, 1.165) is 0 Å². The zero-order valence-corrected chi connectivity index (χ0v) is 13.3. The summed E-state index contributed by atoms with van der Waals surface area (Å²) in [6, 6.07) is 0. The van der Waals surface area contributed by atoms with Gasteiger partial charge >= 0.3 is 0 Å². The summed E-state index contributed by atoms with van der Waals surface area (Å²) in [4.78, 5) is 11.4. The third-order valence-corrected chi connectivity index (χ3v) is 1.38. The van der Waals surface area contributed by atoms with Gasteiger partial charge in [-0.2, -0.15) is 0 Å². The van der Waals surface area contributed by atoms with Crippen molar-refractivity contribution in [3.05, 3.63) is 74.4 Å². The summed E-state index contributed by atoms with van der Waals surface area (Å²) in [5, 5.41) is 0. The smallest absolute Gasteiger partial charge is 0.191 e. The molecule has 108 valence electrons. The highest BCUT2D eigenvalue weighted by Gasteiger charge is 2.04. The minimum absolute atomic E-state index is 0.142. The Morgan fingerprint density at radius 2 is 1.26 bits per heavy atom. The van der Waals surface area contributed by atoms with Crippen LogP contribution in [-0.4, -0.2) is 5.78 Å². The van der Waals surface area contributed by atoms with Crippen LogP contribution >= 0.6 is 0 Å². The minimum Gasteiger partial charge on any atom is -0.289 e. The van der Waals surface area contributed by atoms with Crippen LogP contribution in [0.3, 0.4) is 0 Å². The topological polar surface area (TPSA) is 17.1 Å². The summed E-state index contributed by atoms with van der Waals surface area (Å²) in [5.41, 5.74) is 0.865. The number of hydrogen-bond acceptors (Lipinski definition) is 1. The van der Waals surface area contributed by atoms with Gasteiger partial charge in [-0.3, -0.25) is 4.79 Å². The van der Waals surface area contributed by atoms with Crippen molar-refractivity contribution in [1.29, 1.82) is 0 Å². The Kier molecular flexibility index (Phi) is 34.1. The fraction of sp³-hybridized carbons (Fsp3) is 0.278. The van der Waals surface area contributed by atoms with E-state index in [-0.39, 0.29) is 5.78 Å². The van der Waals surface area contributed by atoms with E-state index >= 15 is 0 Å². The Bertz CT molecular complexity index is 304. The first-order valence-corrected chi connectivity index (χ1v) is 6.47. The van der Waals surface area contributed by atoms with Crippen LogP contribution in [0.15, 0.2) is 74.4 Å².